The highest BCUT2D eigenvalue weighted by molar-refractivity contribution is 5.97. The predicted molar refractivity (Wildman–Crippen MR) is 135 cm³/mol. The maximum absolute atomic E-state index is 13.7. The Kier molecular flexibility index (Phi) is 6.73. The number of carbonyl (C=O) groups is 2. The average molecular weight is 491 g/mol. The fourth-order valence-electron chi connectivity index (χ4n) is 5.37. The minimum absolute atomic E-state index is 0.00865. The fourth-order valence-corrected chi connectivity index (χ4v) is 5.37. The van der Waals surface area contributed by atoms with Gasteiger partial charge in [-0.25, -0.2) is 0 Å². The largest absolute Gasteiger partial charge is 0.381 e. The predicted octanol–water partition coefficient (Wildman–Crippen LogP) is 3.97. The molecule has 2 atom stereocenters. The van der Waals surface area contributed by atoms with Crippen molar-refractivity contribution in [3.05, 3.63) is 75.5 Å². The molecule has 0 unspecified atom stereocenters. The SMILES string of the molecule is CCCCOCCCN1CC(=O)N2[C@@H](c3cccc([N+](=O)[O-])c3)c3[nH]c4ccccc4c3C[C@H]2C1=O. The molecule has 0 bridgehead atoms. The Bertz CT molecular complexity index is 1300. The molecule has 9 heteroatoms. The summed E-state index contributed by atoms with van der Waals surface area (Å²) in [6.07, 6.45) is 3.14. The molecular formula is C27H30N4O5. The summed E-state index contributed by atoms with van der Waals surface area (Å²) in [5, 5.41) is 12.5. The quantitative estimate of drug-likeness (QED) is 0.277. The molecule has 3 aromatic rings. The van der Waals surface area contributed by atoms with Crippen LogP contribution in [0.2, 0.25) is 0 Å². The number of amides is 2. The molecule has 1 N–H and O–H groups in total. The zero-order valence-electron chi connectivity index (χ0n) is 20.3. The van der Waals surface area contributed by atoms with E-state index in [9.17, 15) is 19.7 Å². The number of nitro groups is 1. The number of non-ortho nitro benzene ring substituents is 1. The van der Waals surface area contributed by atoms with E-state index in [-0.39, 0.29) is 24.0 Å². The maximum atomic E-state index is 13.7. The molecule has 1 saturated heterocycles. The zero-order chi connectivity index (χ0) is 25.2. The standard InChI is InChI=1S/C27H30N4O5/c1-2-3-13-36-14-7-12-29-17-24(32)30-23(27(29)33)16-21-20-10-4-5-11-22(20)28-25(21)26(30)18-8-6-9-19(15-18)31(34)35/h4-6,8-11,15,23,26,28H,2-3,7,12-14,16-17H2,1H3/t23-,26-/m0/s1. The first-order valence-electron chi connectivity index (χ1n) is 12.5. The van der Waals surface area contributed by atoms with Gasteiger partial charge in [0, 0.05) is 54.9 Å². The summed E-state index contributed by atoms with van der Waals surface area (Å²) >= 11 is 0. The number of H-pyrrole nitrogens is 1. The number of para-hydroxylation sites is 1. The normalized spacial score (nSPS) is 19.5. The zero-order valence-corrected chi connectivity index (χ0v) is 20.3. The third kappa shape index (κ3) is 4.35. The van der Waals surface area contributed by atoms with E-state index in [0.717, 1.165) is 35.0 Å². The van der Waals surface area contributed by atoms with Gasteiger partial charge in [-0.05, 0) is 30.0 Å². The van der Waals surface area contributed by atoms with Crippen LogP contribution in [0.25, 0.3) is 10.9 Å². The molecule has 188 valence electrons. The highest BCUT2D eigenvalue weighted by atomic mass is 16.6. The van der Waals surface area contributed by atoms with Gasteiger partial charge in [-0.15, -0.1) is 0 Å². The second-order valence-corrected chi connectivity index (χ2v) is 9.42. The number of aromatic nitrogens is 1. The molecule has 3 heterocycles. The second kappa shape index (κ2) is 10.1. The second-order valence-electron chi connectivity index (χ2n) is 9.42. The van der Waals surface area contributed by atoms with E-state index < -0.39 is 17.0 Å². The van der Waals surface area contributed by atoms with Crippen LogP contribution in [0.15, 0.2) is 48.5 Å². The van der Waals surface area contributed by atoms with Gasteiger partial charge in [0.2, 0.25) is 11.8 Å². The van der Waals surface area contributed by atoms with Crippen LogP contribution in [0.3, 0.4) is 0 Å². The third-order valence-electron chi connectivity index (χ3n) is 7.10. The molecule has 2 aliphatic rings. The lowest BCUT2D eigenvalue weighted by atomic mass is 9.86. The van der Waals surface area contributed by atoms with E-state index in [1.807, 2.05) is 24.3 Å². The van der Waals surface area contributed by atoms with E-state index in [1.165, 1.54) is 12.1 Å². The lowest BCUT2D eigenvalue weighted by Gasteiger charge is -2.47. The molecule has 0 saturated carbocycles. The van der Waals surface area contributed by atoms with Crippen molar-refractivity contribution in [3.8, 4) is 0 Å². The van der Waals surface area contributed by atoms with E-state index in [4.69, 9.17) is 4.74 Å². The fraction of sp³-hybridized carbons (Fsp3) is 0.407. The number of unbranched alkanes of at least 4 members (excludes halogenated alkanes) is 1. The number of hydrogen-bond acceptors (Lipinski definition) is 5. The van der Waals surface area contributed by atoms with Crippen LogP contribution in [0.1, 0.15) is 49.0 Å². The van der Waals surface area contributed by atoms with Gasteiger partial charge in [0.25, 0.3) is 5.69 Å². The minimum atomic E-state index is -0.664. The van der Waals surface area contributed by atoms with Crippen LogP contribution < -0.4 is 0 Å². The van der Waals surface area contributed by atoms with Crippen molar-refractivity contribution in [2.24, 2.45) is 0 Å². The first-order chi connectivity index (χ1) is 17.5. The molecule has 2 aromatic carbocycles. The summed E-state index contributed by atoms with van der Waals surface area (Å²) < 4.78 is 5.63. The van der Waals surface area contributed by atoms with Gasteiger partial charge >= 0.3 is 0 Å². The number of nitrogens with one attached hydrogen (secondary N) is 1. The summed E-state index contributed by atoms with van der Waals surface area (Å²) in [6, 6.07) is 12.9. The monoisotopic (exact) mass is 490 g/mol. The minimum Gasteiger partial charge on any atom is -0.381 e. The Labute approximate surface area is 209 Å². The molecule has 0 spiro atoms. The Hall–Kier alpha value is -3.72. The molecule has 0 radical (unpaired) electrons. The van der Waals surface area contributed by atoms with Gasteiger partial charge in [0.15, 0.2) is 0 Å². The molecule has 36 heavy (non-hydrogen) atoms. The van der Waals surface area contributed by atoms with Crippen LogP contribution in [-0.2, 0) is 20.7 Å². The van der Waals surface area contributed by atoms with Crippen molar-refractivity contribution in [1.29, 1.82) is 0 Å². The number of ether oxygens (including phenoxy) is 1. The molecule has 5 rings (SSSR count). The van der Waals surface area contributed by atoms with E-state index >= 15 is 0 Å². The van der Waals surface area contributed by atoms with Crippen LogP contribution in [0.5, 0.6) is 0 Å². The number of benzene rings is 2. The van der Waals surface area contributed by atoms with Crippen molar-refractivity contribution >= 4 is 28.4 Å². The van der Waals surface area contributed by atoms with Crippen molar-refractivity contribution in [3.63, 3.8) is 0 Å². The Morgan fingerprint density at radius 3 is 2.72 bits per heavy atom. The van der Waals surface area contributed by atoms with Crippen LogP contribution in [0.4, 0.5) is 5.69 Å². The van der Waals surface area contributed by atoms with Crippen LogP contribution >= 0.6 is 0 Å². The summed E-state index contributed by atoms with van der Waals surface area (Å²) in [4.78, 5) is 45.0. The molecule has 2 amide bonds. The third-order valence-corrected chi connectivity index (χ3v) is 7.10. The highest BCUT2D eigenvalue weighted by Crippen LogP contribution is 2.43. The van der Waals surface area contributed by atoms with Gasteiger partial charge in [0.05, 0.1) is 17.5 Å². The number of rotatable bonds is 9. The summed E-state index contributed by atoms with van der Waals surface area (Å²) in [6.45, 7) is 3.81. The molecule has 0 aliphatic carbocycles. The molecule has 1 fully saturated rings. The molecular weight excluding hydrogens is 460 g/mol. The number of aromatic amines is 1. The number of carbonyl (C=O) groups excluding carboxylic acids is 2. The van der Waals surface area contributed by atoms with Gasteiger partial charge < -0.3 is 19.5 Å². The van der Waals surface area contributed by atoms with Crippen molar-refractivity contribution in [2.75, 3.05) is 26.3 Å². The van der Waals surface area contributed by atoms with E-state index in [2.05, 4.69) is 11.9 Å². The maximum Gasteiger partial charge on any atom is 0.269 e. The van der Waals surface area contributed by atoms with Crippen molar-refractivity contribution in [1.82, 2.24) is 14.8 Å². The van der Waals surface area contributed by atoms with Gasteiger partial charge in [-0.3, -0.25) is 19.7 Å². The first kappa shape index (κ1) is 24.0. The lowest BCUT2D eigenvalue weighted by Crippen LogP contribution is -2.63. The topological polar surface area (TPSA) is 109 Å². The number of fused-ring (bicyclic) bond motifs is 4. The van der Waals surface area contributed by atoms with Crippen LogP contribution in [0, 0.1) is 10.1 Å². The van der Waals surface area contributed by atoms with Gasteiger partial charge in [-0.2, -0.15) is 0 Å². The van der Waals surface area contributed by atoms with Crippen molar-refractivity contribution in [2.45, 2.75) is 44.7 Å². The Balaban J connectivity index is 1.49. The summed E-state index contributed by atoms with van der Waals surface area (Å²) in [7, 11) is 0. The smallest absolute Gasteiger partial charge is 0.269 e. The summed E-state index contributed by atoms with van der Waals surface area (Å²) in [5.41, 5.74) is 3.27. The average Bonchev–Trinajstić information content (AvgIpc) is 3.26. The molecule has 9 nitrogen and oxygen atoms in total. The lowest BCUT2D eigenvalue weighted by molar-refractivity contribution is -0.384. The van der Waals surface area contributed by atoms with E-state index in [0.29, 0.717) is 38.2 Å². The van der Waals surface area contributed by atoms with Gasteiger partial charge in [0.1, 0.15) is 6.04 Å². The highest BCUT2D eigenvalue weighted by Gasteiger charge is 2.48. The number of piperazine rings is 1. The van der Waals surface area contributed by atoms with Crippen molar-refractivity contribution < 1.29 is 19.2 Å². The van der Waals surface area contributed by atoms with E-state index in [1.54, 1.807) is 21.9 Å². The number of nitro benzene ring substituents is 1. The molecule has 1 aromatic heterocycles. The Morgan fingerprint density at radius 1 is 1.11 bits per heavy atom. The summed E-state index contributed by atoms with van der Waals surface area (Å²) in [5.74, 6) is -0.248. The molecule has 2 aliphatic heterocycles. The van der Waals surface area contributed by atoms with Crippen LogP contribution in [-0.4, -0.2) is 63.9 Å². The number of hydrogen-bond donors (Lipinski definition) is 1. The Morgan fingerprint density at radius 2 is 1.92 bits per heavy atom. The van der Waals surface area contributed by atoms with Gasteiger partial charge in [-0.1, -0.05) is 43.7 Å². The number of nitrogens with zero attached hydrogens (tertiary/aromatic N) is 3. The first-order valence-corrected chi connectivity index (χ1v) is 12.5.